The monoisotopic (exact) mass is 228 g/mol. The summed E-state index contributed by atoms with van der Waals surface area (Å²) in [6, 6.07) is 1.88. The predicted octanol–water partition coefficient (Wildman–Crippen LogP) is 1.61. The van der Waals surface area contributed by atoms with Crippen molar-refractivity contribution < 1.29 is 0 Å². The van der Waals surface area contributed by atoms with Gasteiger partial charge in [-0.3, -0.25) is 0 Å². The number of hydrogen-bond donors (Lipinski definition) is 0. The van der Waals surface area contributed by atoms with E-state index in [1.807, 2.05) is 43.9 Å². The molecule has 84 valence electrons. The van der Waals surface area contributed by atoms with Crippen LogP contribution < -0.4 is 9.80 Å². The van der Waals surface area contributed by atoms with Gasteiger partial charge in [-0.05, 0) is 13.0 Å². The first-order chi connectivity index (χ1) is 7.00. The van der Waals surface area contributed by atoms with Gasteiger partial charge < -0.3 is 9.80 Å². The second kappa shape index (κ2) is 5.16. The van der Waals surface area contributed by atoms with Crippen molar-refractivity contribution in [3.63, 3.8) is 0 Å². The van der Waals surface area contributed by atoms with Gasteiger partial charge >= 0.3 is 0 Å². The molecule has 0 radical (unpaired) electrons. The van der Waals surface area contributed by atoms with E-state index in [2.05, 4.69) is 9.97 Å². The largest absolute Gasteiger partial charge is 0.358 e. The van der Waals surface area contributed by atoms with E-state index in [4.69, 9.17) is 11.6 Å². The molecule has 0 bridgehead atoms. The molecule has 5 heteroatoms. The first kappa shape index (κ1) is 12.0. The Morgan fingerprint density at radius 2 is 2.07 bits per heavy atom. The lowest BCUT2D eigenvalue weighted by Crippen LogP contribution is -2.25. The fourth-order valence-electron chi connectivity index (χ4n) is 1.24. The lowest BCUT2D eigenvalue weighted by atomic mass is 10.4. The van der Waals surface area contributed by atoms with Crippen LogP contribution in [0.3, 0.4) is 0 Å². The number of anilines is 2. The summed E-state index contributed by atoms with van der Waals surface area (Å²) >= 11 is 5.93. The Kier molecular flexibility index (Phi) is 4.15. The third-order valence-electron chi connectivity index (χ3n) is 1.94. The van der Waals surface area contributed by atoms with Crippen molar-refractivity contribution in [1.29, 1.82) is 0 Å². The molecule has 0 aliphatic rings. The highest BCUT2D eigenvalue weighted by Crippen LogP contribution is 2.12. The van der Waals surface area contributed by atoms with Gasteiger partial charge in [0.05, 0.1) is 0 Å². The van der Waals surface area contributed by atoms with Crippen molar-refractivity contribution in [2.75, 3.05) is 37.5 Å². The molecule has 0 saturated carbocycles. The zero-order valence-electron chi connectivity index (χ0n) is 9.61. The van der Waals surface area contributed by atoms with Gasteiger partial charge in [-0.25, -0.2) is 4.98 Å². The highest BCUT2D eigenvalue weighted by molar-refractivity contribution is 6.20. The number of hydrogen-bond acceptors (Lipinski definition) is 4. The number of nitrogens with zero attached hydrogens (tertiary/aromatic N) is 4. The molecule has 1 aromatic heterocycles. The minimum Gasteiger partial charge on any atom is -0.358 e. The van der Waals surface area contributed by atoms with Gasteiger partial charge in [0.2, 0.25) is 5.95 Å². The normalized spacial score (nSPS) is 12.3. The van der Waals surface area contributed by atoms with Gasteiger partial charge in [-0.15, -0.1) is 11.6 Å². The summed E-state index contributed by atoms with van der Waals surface area (Å²) < 4.78 is 0. The van der Waals surface area contributed by atoms with Crippen molar-refractivity contribution in [3.05, 3.63) is 12.3 Å². The molecule has 1 aromatic rings. The standard InChI is InChI=1S/C10H17ClN4/c1-8(11)7-15(4)9-5-6-12-10(13-9)14(2)3/h5-6,8H,7H2,1-4H3. The van der Waals surface area contributed by atoms with Crippen LogP contribution >= 0.6 is 11.6 Å². The minimum atomic E-state index is 0.104. The molecule has 1 atom stereocenters. The fraction of sp³-hybridized carbons (Fsp3) is 0.600. The predicted molar refractivity (Wildman–Crippen MR) is 64.9 cm³/mol. The Morgan fingerprint density at radius 1 is 1.40 bits per heavy atom. The van der Waals surface area contributed by atoms with Crippen LogP contribution in [0.15, 0.2) is 12.3 Å². The van der Waals surface area contributed by atoms with Crippen LogP contribution in [0.1, 0.15) is 6.92 Å². The first-order valence-electron chi connectivity index (χ1n) is 4.86. The van der Waals surface area contributed by atoms with E-state index in [1.54, 1.807) is 6.20 Å². The Hall–Kier alpha value is -1.03. The maximum Gasteiger partial charge on any atom is 0.226 e. The molecule has 0 spiro atoms. The maximum absolute atomic E-state index is 5.93. The maximum atomic E-state index is 5.93. The lowest BCUT2D eigenvalue weighted by molar-refractivity contribution is 0.837. The molecular weight excluding hydrogens is 212 g/mol. The van der Waals surface area contributed by atoms with Crippen molar-refractivity contribution in [3.8, 4) is 0 Å². The van der Waals surface area contributed by atoms with Crippen LogP contribution in [0.25, 0.3) is 0 Å². The van der Waals surface area contributed by atoms with Gasteiger partial charge in [0.15, 0.2) is 0 Å². The van der Waals surface area contributed by atoms with E-state index in [0.29, 0.717) is 5.95 Å². The summed E-state index contributed by atoms with van der Waals surface area (Å²) in [5.74, 6) is 1.60. The van der Waals surface area contributed by atoms with Gasteiger partial charge in [-0.1, -0.05) is 0 Å². The average Bonchev–Trinajstić information content (AvgIpc) is 2.17. The Morgan fingerprint density at radius 3 is 2.60 bits per heavy atom. The molecule has 1 unspecified atom stereocenters. The minimum absolute atomic E-state index is 0.104. The average molecular weight is 229 g/mol. The molecule has 0 aromatic carbocycles. The molecule has 0 fully saturated rings. The van der Waals surface area contributed by atoms with Crippen LogP contribution in [-0.2, 0) is 0 Å². The highest BCUT2D eigenvalue weighted by atomic mass is 35.5. The number of alkyl halides is 1. The molecule has 1 heterocycles. The molecular formula is C10H17ClN4. The second-order valence-corrected chi connectivity index (χ2v) is 4.52. The van der Waals surface area contributed by atoms with E-state index in [-0.39, 0.29) is 5.38 Å². The third kappa shape index (κ3) is 3.55. The zero-order valence-corrected chi connectivity index (χ0v) is 10.4. The summed E-state index contributed by atoms with van der Waals surface area (Å²) in [5.41, 5.74) is 0. The molecule has 0 aliphatic heterocycles. The SMILES string of the molecule is CC(Cl)CN(C)c1ccnc(N(C)C)n1. The number of aromatic nitrogens is 2. The molecule has 4 nitrogen and oxygen atoms in total. The topological polar surface area (TPSA) is 32.3 Å². The Bertz CT molecular complexity index is 314. The van der Waals surface area contributed by atoms with E-state index < -0.39 is 0 Å². The molecule has 0 aliphatic carbocycles. The van der Waals surface area contributed by atoms with Gasteiger partial charge in [0, 0.05) is 39.3 Å². The van der Waals surface area contributed by atoms with Crippen molar-refractivity contribution in [1.82, 2.24) is 9.97 Å². The molecule has 0 saturated heterocycles. The second-order valence-electron chi connectivity index (χ2n) is 3.77. The van der Waals surface area contributed by atoms with Crippen LogP contribution in [0.4, 0.5) is 11.8 Å². The van der Waals surface area contributed by atoms with E-state index in [0.717, 1.165) is 12.4 Å². The fourth-order valence-corrected chi connectivity index (χ4v) is 1.45. The summed E-state index contributed by atoms with van der Waals surface area (Å²) in [6.07, 6.45) is 1.76. The quantitative estimate of drug-likeness (QED) is 0.733. The number of rotatable bonds is 4. The highest BCUT2D eigenvalue weighted by Gasteiger charge is 2.07. The smallest absolute Gasteiger partial charge is 0.226 e. The van der Waals surface area contributed by atoms with Crippen molar-refractivity contribution in [2.24, 2.45) is 0 Å². The van der Waals surface area contributed by atoms with Gasteiger partial charge in [-0.2, -0.15) is 4.98 Å². The van der Waals surface area contributed by atoms with E-state index >= 15 is 0 Å². The first-order valence-corrected chi connectivity index (χ1v) is 5.30. The summed E-state index contributed by atoms with van der Waals surface area (Å²) in [6.45, 7) is 2.73. The molecule has 1 rings (SSSR count). The zero-order chi connectivity index (χ0) is 11.4. The molecule has 15 heavy (non-hydrogen) atoms. The summed E-state index contributed by atoms with van der Waals surface area (Å²) in [7, 11) is 5.81. The lowest BCUT2D eigenvalue weighted by Gasteiger charge is -2.20. The summed E-state index contributed by atoms with van der Waals surface area (Å²) in [4.78, 5) is 12.5. The summed E-state index contributed by atoms with van der Waals surface area (Å²) in [5, 5.41) is 0.104. The third-order valence-corrected chi connectivity index (χ3v) is 2.08. The molecule has 0 amide bonds. The van der Waals surface area contributed by atoms with Crippen LogP contribution in [0.5, 0.6) is 0 Å². The Labute approximate surface area is 95.9 Å². The van der Waals surface area contributed by atoms with Crippen LogP contribution in [-0.4, -0.2) is 43.0 Å². The van der Waals surface area contributed by atoms with Gasteiger partial charge in [0.25, 0.3) is 0 Å². The Balaban J connectivity index is 2.80. The van der Waals surface area contributed by atoms with Gasteiger partial charge in [0.1, 0.15) is 5.82 Å². The van der Waals surface area contributed by atoms with Crippen molar-refractivity contribution >= 4 is 23.4 Å². The van der Waals surface area contributed by atoms with Crippen molar-refractivity contribution in [2.45, 2.75) is 12.3 Å². The van der Waals surface area contributed by atoms with Crippen LogP contribution in [0.2, 0.25) is 0 Å². The van der Waals surface area contributed by atoms with E-state index in [9.17, 15) is 0 Å². The molecule has 0 N–H and O–H groups in total. The van der Waals surface area contributed by atoms with E-state index in [1.165, 1.54) is 0 Å². The number of halogens is 1. The van der Waals surface area contributed by atoms with Crippen LogP contribution in [0, 0.1) is 0 Å².